The minimum absolute atomic E-state index is 1.18. The first kappa shape index (κ1) is 13.1. The number of unbranched alkanes of at least 4 members (excludes halogenated alkanes) is 2. The Bertz CT molecular complexity index is 293. The maximum atomic E-state index is 2.53. The van der Waals surface area contributed by atoms with Crippen LogP contribution in [0.2, 0.25) is 0 Å². The van der Waals surface area contributed by atoms with Crippen LogP contribution in [-0.2, 0) is 0 Å². The van der Waals surface area contributed by atoms with Crippen LogP contribution in [0.4, 0.5) is 5.69 Å². The number of aryl methyl sites for hydroxylation is 1. The average molecular weight is 219 g/mol. The number of nitrogens with zero attached hydrogens (tertiary/aromatic N) is 1. The van der Waals surface area contributed by atoms with E-state index in [2.05, 4.69) is 49.9 Å². The number of para-hydroxylation sites is 1. The van der Waals surface area contributed by atoms with Gasteiger partial charge in [-0.05, 0) is 31.4 Å². The molecule has 0 radical (unpaired) electrons. The topological polar surface area (TPSA) is 3.24 Å². The van der Waals surface area contributed by atoms with Gasteiger partial charge in [0.25, 0.3) is 0 Å². The largest absolute Gasteiger partial charge is 0.371 e. The van der Waals surface area contributed by atoms with Gasteiger partial charge in [-0.1, -0.05) is 44.9 Å². The highest BCUT2D eigenvalue weighted by atomic mass is 15.1. The number of anilines is 1. The molecule has 0 heterocycles. The monoisotopic (exact) mass is 219 g/mol. The Kier molecular flexibility index (Phi) is 5.99. The summed E-state index contributed by atoms with van der Waals surface area (Å²) in [5.74, 6) is 0. The highest BCUT2D eigenvalue weighted by molar-refractivity contribution is 5.52. The van der Waals surface area contributed by atoms with Crippen LogP contribution < -0.4 is 4.90 Å². The molecule has 0 unspecified atom stereocenters. The van der Waals surface area contributed by atoms with Crippen LogP contribution in [0.3, 0.4) is 0 Å². The van der Waals surface area contributed by atoms with Crippen LogP contribution in [0.1, 0.15) is 45.1 Å². The van der Waals surface area contributed by atoms with Crippen molar-refractivity contribution >= 4 is 5.69 Å². The van der Waals surface area contributed by atoms with E-state index in [1.54, 1.807) is 0 Å². The predicted octanol–water partition coefficient (Wildman–Crippen LogP) is 4.40. The maximum absolute atomic E-state index is 2.53. The molecule has 16 heavy (non-hydrogen) atoms. The first-order valence-corrected chi connectivity index (χ1v) is 6.60. The van der Waals surface area contributed by atoms with Crippen molar-refractivity contribution < 1.29 is 0 Å². The molecule has 0 amide bonds. The second kappa shape index (κ2) is 7.32. The van der Waals surface area contributed by atoms with Gasteiger partial charge in [-0.2, -0.15) is 0 Å². The summed E-state index contributed by atoms with van der Waals surface area (Å²) in [6.07, 6.45) is 5.17. The van der Waals surface area contributed by atoms with Crippen LogP contribution in [-0.4, -0.2) is 13.1 Å². The number of hydrogen-bond donors (Lipinski definition) is 0. The van der Waals surface area contributed by atoms with Gasteiger partial charge in [-0.25, -0.2) is 0 Å². The smallest absolute Gasteiger partial charge is 0.0395 e. The van der Waals surface area contributed by atoms with E-state index in [1.165, 1.54) is 50.0 Å². The number of benzene rings is 1. The Labute approximate surface area is 100 Å². The zero-order valence-corrected chi connectivity index (χ0v) is 11.0. The van der Waals surface area contributed by atoms with E-state index in [1.807, 2.05) is 0 Å². The second-order valence-corrected chi connectivity index (χ2v) is 4.48. The van der Waals surface area contributed by atoms with Crippen molar-refractivity contribution in [3.8, 4) is 0 Å². The summed E-state index contributed by atoms with van der Waals surface area (Å²) < 4.78 is 0. The first-order valence-electron chi connectivity index (χ1n) is 6.60. The molecule has 1 heteroatoms. The summed E-state index contributed by atoms with van der Waals surface area (Å²) in [7, 11) is 0. The van der Waals surface area contributed by atoms with Crippen LogP contribution in [0, 0.1) is 6.92 Å². The summed E-state index contributed by atoms with van der Waals surface area (Å²) in [6, 6.07) is 8.72. The lowest BCUT2D eigenvalue weighted by Crippen LogP contribution is -2.25. The lowest BCUT2D eigenvalue weighted by molar-refractivity contribution is 0.668. The van der Waals surface area contributed by atoms with Crippen LogP contribution in [0.25, 0.3) is 0 Å². The molecule has 0 bridgehead atoms. The summed E-state index contributed by atoms with van der Waals surface area (Å²) in [6.45, 7) is 9.10. The molecule has 0 aliphatic heterocycles. The Balaban J connectivity index is 2.65. The molecule has 0 fully saturated rings. The molecule has 0 aromatic heterocycles. The number of hydrogen-bond acceptors (Lipinski definition) is 1. The van der Waals surface area contributed by atoms with Gasteiger partial charge in [-0.3, -0.25) is 0 Å². The first-order chi connectivity index (χ1) is 7.79. The average Bonchev–Trinajstić information content (AvgIpc) is 2.29. The molecule has 0 saturated carbocycles. The zero-order chi connectivity index (χ0) is 11.8. The molecule has 0 spiro atoms. The van der Waals surface area contributed by atoms with Crippen molar-refractivity contribution in [2.24, 2.45) is 0 Å². The van der Waals surface area contributed by atoms with E-state index in [4.69, 9.17) is 0 Å². The summed E-state index contributed by atoms with van der Waals surface area (Å²) >= 11 is 0. The van der Waals surface area contributed by atoms with Gasteiger partial charge in [0.2, 0.25) is 0 Å². The van der Waals surface area contributed by atoms with Gasteiger partial charge in [-0.15, -0.1) is 0 Å². The fourth-order valence-electron chi connectivity index (χ4n) is 2.09. The number of rotatable bonds is 7. The summed E-state index contributed by atoms with van der Waals surface area (Å²) in [5.41, 5.74) is 2.81. The van der Waals surface area contributed by atoms with Crippen molar-refractivity contribution in [2.45, 2.75) is 46.5 Å². The standard InChI is InChI=1S/C15H25N/c1-4-6-9-13-16(12-5-2)15-11-8-7-10-14(15)3/h7-8,10-11H,4-6,9,12-13H2,1-3H3. The van der Waals surface area contributed by atoms with E-state index < -0.39 is 0 Å². The molecule has 1 rings (SSSR count). The molecule has 0 N–H and O–H groups in total. The molecule has 0 aliphatic rings. The fourth-order valence-corrected chi connectivity index (χ4v) is 2.09. The van der Waals surface area contributed by atoms with Crippen molar-refractivity contribution in [1.82, 2.24) is 0 Å². The third-order valence-electron chi connectivity index (χ3n) is 2.98. The maximum Gasteiger partial charge on any atom is 0.0395 e. The highest BCUT2D eigenvalue weighted by Crippen LogP contribution is 2.20. The van der Waals surface area contributed by atoms with Gasteiger partial charge in [0.15, 0.2) is 0 Å². The SMILES string of the molecule is CCCCCN(CCC)c1ccccc1C. The van der Waals surface area contributed by atoms with Gasteiger partial charge in [0, 0.05) is 18.8 Å². The van der Waals surface area contributed by atoms with Crippen molar-refractivity contribution in [2.75, 3.05) is 18.0 Å². The van der Waals surface area contributed by atoms with Gasteiger partial charge < -0.3 is 4.90 Å². The van der Waals surface area contributed by atoms with Crippen molar-refractivity contribution in [3.05, 3.63) is 29.8 Å². The highest BCUT2D eigenvalue weighted by Gasteiger charge is 2.06. The summed E-state index contributed by atoms with van der Waals surface area (Å²) in [4.78, 5) is 2.53. The normalized spacial score (nSPS) is 10.4. The van der Waals surface area contributed by atoms with Crippen LogP contribution >= 0.6 is 0 Å². The minimum atomic E-state index is 1.18. The van der Waals surface area contributed by atoms with Crippen molar-refractivity contribution in [1.29, 1.82) is 0 Å². The molecule has 0 saturated heterocycles. The Hall–Kier alpha value is -0.980. The molecular formula is C15H25N. The van der Waals surface area contributed by atoms with E-state index in [9.17, 15) is 0 Å². The minimum Gasteiger partial charge on any atom is -0.371 e. The molecule has 1 aromatic rings. The quantitative estimate of drug-likeness (QED) is 0.614. The van der Waals surface area contributed by atoms with Gasteiger partial charge in [0.05, 0.1) is 0 Å². The predicted molar refractivity (Wildman–Crippen MR) is 73.2 cm³/mol. The van der Waals surface area contributed by atoms with Crippen molar-refractivity contribution in [3.63, 3.8) is 0 Å². The molecule has 0 atom stereocenters. The van der Waals surface area contributed by atoms with Crippen LogP contribution in [0.5, 0.6) is 0 Å². The Morgan fingerprint density at radius 3 is 2.31 bits per heavy atom. The third kappa shape index (κ3) is 3.88. The molecule has 90 valence electrons. The van der Waals surface area contributed by atoms with E-state index in [0.29, 0.717) is 0 Å². The van der Waals surface area contributed by atoms with E-state index >= 15 is 0 Å². The lowest BCUT2D eigenvalue weighted by atomic mass is 10.1. The lowest BCUT2D eigenvalue weighted by Gasteiger charge is -2.26. The second-order valence-electron chi connectivity index (χ2n) is 4.48. The Morgan fingerprint density at radius 2 is 1.69 bits per heavy atom. The van der Waals surface area contributed by atoms with Gasteiger partial charge >= 0.3 is 0 Å². The van der Waals surface area contributed by atoms with E-state index in [0.717, 1.165) is 0 Å². The third-order valence-corrected chi connectivity index (χ3v) is 2.98. The van der Waals surface area contributed by atoms with Crippen LogP contribution in [0.15, 0.2) is 24.3 Å². The zero-order valence-electron chi connectivity index (χ0n) is 11.0. The molecule has 1 aromatic carbocycles. The molecule has 1 nitrogen and oxygen atoms in total. The molecule has 0 aliphatic carbocycles. The molecular weight excluding hydrogens is 194 g/mol. The summed E-state index contributed by atoms with van der Waals surface area (Å²) in [5, 5.41) is 0. The fraction of sp³-hybridized carbons (Fsp3) is 0.600. The Morgan fingerprint density at radius 1 is 0.938 bits per heavy atom. The van der Waals surface area contributed by atoms with Gasteiger partial charge in [0.1, 0.15) is 0 Å². The van der Waals surface area contributed by atoms with E-state index in [-0.39, 0.29) is 0 Å².